The summed E-state index contributed by atoms with van der Waals surface area (Å²) in [5, 5.41) is 2.81. The molecule has 2 amide bonds. The number of benzene rings is 1. The van der Waals surface area contributed by atoms with Gasteiger partial charge in [0.15, 0.2) is 0 Å². The topological polar surface area (TPSA) is 75.4 Å². The minimum atomic E-state index is -0.281. The zero-order valence-electron chi connectivity index (χ0n) is 15.3. The Labute approximate surface area is 162 Å². The Hall–Kier alpha value is -2.25. The van der Waals surface area contributed by atoms with Crippen LogP contribution in [0.4, 0.5) is 4.39 Å². The second-order valence-corrected chi connectivity index (χ2v) is 7.85. The van der Waals surface area contributed by atoms with Crippen LogP contribution >= 0.6 is 11.3 Å². The number of halogens is 1. The molecule has 0 spiro atoms. The third-order valence-electron chi connectivity index (χ3n) is 4.76. The Morgan fingerprint density at radius 1 is 1.33 bits per heavy atom. The summed E-state index contributed by atoms with van der Waals surface area (Å²) in [5.41, 5.74) is 7.32. The maximum absolute atomic E-state index is 13.2. The Morgan fingerprint density at radius 3 is 2.78 bits per heavy atom. The first-order chi connectivity index (χ1) is 13.0. The van der Waals surface area contributed by atoms with Crippen LogP contribution in [0.2, 0.25) is 0 Å². The van der Waals surface area contributed by atoms with Crippen molar-refractivity contribution in [1.82, 2.24) is 10.2 Å². The zero-order valence-corrected chi connectivity index (χ0v) is 16.2. The number of likely N-dealkylation sites (tertiary alicyclic amines) is 1. The average Bonchev–Trinajstić information content (AvgIpc) is 3.08. The summed E-state index contributed by atoms with van der Waals surface area (Å²) >= 11 is 1.41. The number of thiophene rings is 1. The summed E-state index contributed by atoms with van der Waals surface area (Å²) in [7, 11) is 0. The van der Waals surface area contributed by atoms with Crippen molar-refractivity contribution in [2.75, 3.05) is 26.2 Å². The number of nitrogens with zero attached hydrogens (tertiary/aromatic N) is 1. The van der Waals surface area contributed by atoms with Crippen LogP contribution in [0.25, 0.3) is 10.4 Å². The summed E-state index contributed by atoms with van der Waals surface area (Å²) in [6.07, 6.45) is 1.59. The fraction of sp³-hybridized carbons (Fsp3) is 0.400. The zero-order chi connectivity index (χ0) is 19.4. The average molecular weight is 389 g/mol. The third kappa shape index (κ3) is 4.54. The van der Waals surface area contributed by atoms with E-state index in [2.05, 4.69) is 5.32 Å². The molecule has 1 aliphatic heterocycles. The molecule has 1 aromatic heterocycles. The first kappa shape index (κ1) is 19.5. The normalized spacial score (nSPS) is 17.0. The highest BCUT2D eigenvalue weighted by Crippen LogP contribution is 2.33. The number of nitrogens with two attached hydrogens (primary N) is 1. The number of amides is 2. The molecule has 3 N–H and O–H groups in total. The Morgan fingerprint density at radius 2 is 2.07 bits per heavy atom. The number of nitrogens with one attached hydrogen (secondary N) is 1. The minimum absolute atomic E-state index is 0.0349. The van der Waals surface area contributed by atoms with Gasteiger partial charge in [0.05, 0.1) is 10.8 Å². The maximum Gasteiger partial charge on any atom is 0.263 e. The fourth-order valence-corrected chi connectivity index (χ4v) is 4.49. The molecular formula is C20H24FN3O2S. The van der Waals surface area contributed by atoms with E-state index in [1.807, 2.05) is 13.0 Å². The van der Waals surface area contributed by atoms with E-state index < -0.39 is 0 Å². The van der Waals surface area contributed by atoms with E-state index in [0.717, 1.165) is 28.8 Å². The lowest BCUT2D eigenvalue weighted by Crippen LogP contribution is -2.46. The summed E-state index contributed by atoms with van der Waals surface area (Å²) in [6.45, 7) is 3.89. The molecule has 1 atom stereocenters. The first-order valence-electron chi connectivity index (χ1n) is 9.13. The quantitative estimate of drug-likeness (QED) is 0.826. The number of hydrogen-bond donors (Lipinski definition) is 2. The molecular weight excluding hydrogens is 365 g/mol. The number of rotatable bonds is 5. The van der Waals surface area contributed by atoms with E-state index in [4.69, 9.17) is 5.73 Å². The molecule has 1 saturated heterocycles. The molecule has 2 heterocycles. The minimum Gasteiger partial charge on any atom is -0.355 e. The standard InChI is InChI=1S/C20H24FN3O2S/c1-13-11-17(27-18(13)14-4-6-16(21)7-5-14)20(26)24-10-2-3-15(12-24)19(25)23-9-8-22/h4-7,11,15H,2-3,8-10,12,22H2,1H3,(H,23,25). The lowest BCUT2D eigenvalue weighted by molar-refractivity contribution is -0.126. The molecule has 7 heteroatoms. The number of carbonyl (C=O) groups is 2. The van der Waals surface area contributed by atoms with E-state index in [1.165, 1.54) is 23.5 Å². The van der Waals surface area contributed by atoms with Gasteiger partial charge in [0.2, 0.25) is 5.91 Å². The highest BCUT2D eigenvalue weighted by Gasteiger charge is 2.29. The van der Waals surface area contributed by atoms with Crippen LogP contribution in [0.15, 0.2) is 30.3 Å². The highest BCUT2D eigenvalue weighted by molar-refractivity contribution is 7.17. The second kappa shape index (κ2) is 8.63. The van der Waals surface area contributed by atoms with Gasteiger partial charge in [-0.1, -0.05) is 12.1 Å². The largest absolute Gasteiger partial charge is 0.355 e. The predicted molar refractivity (Wildman–Crippen MR) is 105 cm³/mol. The molecule has 1 aliphatic rings. The lowest BCUT2D eigenvalue weighted by atomic mass is 9.97. The van der Waals surface area contributed by atoms with Gasteiger partial charge in [-0.3, -0.25) is 9.59 Å². The Kier molecular flexibility index (Phi) is 6.23. The van der Waals surface area contributed by atoms with Crippen molar-refractivity contribution >= 4 is 23.2 Å². The Bertz CT molecular complexity index is 819. The number of carbonyl (C=O) groups excluding carboxylic acids is 2. The fourth-order valence-electron chi connectivity index (χ4n) is 3.35. The van der Waals surface area contributed by atoms with Crippen LogP contribution in [-0.4, -0.2) is 42.9 Å². The van der Waals surface area contributed by atoms with Gasteiger partial charge in [-0.2, -0.15) is 0 Å². The van der Waals surface area contributed by atoms with E-state index in [9.17, 15) is 14.0 Å². The predicted octanol–water partition coefficient (Wildman–Crippen LogP) is 2.79. The summed E-state index contributed by atoms with van der Waals surface area (Å²) in [6, 6.07) is 8.17. The molecule has 0 bridgehead atoms. The van der Waals surface area contributed by atoms with Crippen molar-refractivity contribution in [3.05, 3.63) is 46.6 Å². The van der Waals surface area contributed by atoms with Gasteiger partial charge in [-0.25, -0.2) is 4.39 Å². The third-order valence-corrected chi connectivity index (χ3v) is 6.03. The molecule has 0 aliphatic carbocycles. The van der Waals surface area contributed by atoms with Crippen LogP contribution in [-0.2, 0) is 4.79 Å². The van der Waals surface area contributed by atoms with Crippen molar-refractivity contribution < 1.29 is 14.0 Å². The van der Waals surface area contributed by atoms with Gasteiger partial charge in [-0.05, 0) is 49.1 Å². The summed E-state index contributed by atoms with van der Waals surface area (Å²) in [5.74, 6) is -0.552. The van der Waals surface area contributed by atoms with Crippen molar-refractivity contribution in [3.63, 3.8) is 0 Å². The van der Waals surface area contributed by atoms with Crippen LogP contribution < -0.4 is 11.1 Å². The highest BCUT2D eigenvalue weighted by atomic mass is 32.1. The van der Waals surface area contributed by atoms with Crippen molar-refractivity contribution in [2.24, 2.45) is 11.7 Å². The van der Waals surface area contributed by atoms with Crippen molar-refractivity contribution in [1.29, 1.82) is 0 Å². The van der Waals surface area contributed by atoms with Gasteiger partial charge < -0.3 is 16.0 Å². The molecule has 1 aromatic carbocycles. The van der Waals surface area contributed by atoms with E-state index in [1.54, 1.807) is 17.0 Å². The van der Waals surface area contributed by atoms with E-state index in [-0.39, 0.29) is 23.5 Å². The van der Waals surface area contributed by atoms with Gasteiger partial charge in [0.1, 0.15) is 5.82 Å². The number of hydrogen-bond acceptors (Lipinski definition) is 4. The van der Waals surface area contributed by atoms with Crippen molar-refractivity contribution in [2.45, 2.75) is 19.8 Å². The molecule has 3 rings (SSSR count). The van der Waals surface area contributed by atoms with Gasteiger partial charge >= 0.3 is 0 Å². The molecule has 1 fully saturated rings. The first-order valence-corrected chi connectivity index (χ1v) is 9.94. The molecule has 1 unspecified atom stereocenters. The van der Waals surface area contributed by atoms with Crippen LogP contribution in [0.5, 0.6) is 0 Å². The number of piperidine rings is 1. The SMILES string of the molecule is Cc1cc(C(=O)N2CCCC(C(=O)NCCN)C2)sc1-c1ccc(F)cc1. The molecule has 0 radical (unpaired) electrons. The van der Waals surface area contributed by atoms with Gasteiger partial charge in [0, 0.05) is 31.1 Å². The smallest absolute Gasteiger partial charge is 0.263 e. The summed E-state index contributed by atoms with van der Waals surface area (Å²) in [4.78, 5) is 28.5. The summed E-state index contributed by atoms with van der Waals surface area (Å²) < 4.78 is 13.2. The monoisotopic (exact) mass is 389 g/mol. The van der Waals surface area contributed by atoms with Gasteiger partial charge in [0.25, 0.3) is 5.91 Å². The van der Waals surface area contributed by atoms with Crippen LogP contribution in [0.1, 0.15) is 28.1 Å². The molecule has 0 saturated carbocycles. The van der Waals surface area contributed by atoms with Crippen LogP contribution in [0.3, 0.4) is 0 Å². The van der Waals surface area contributed by atoms with Crippen LogP contribution in [0, 0.1) is 18.7 Å². The second-order valence-electron chi connectivity index (χ2n) is 6.80. The lowest BCUT2D eigenvalue weighted by Gasteiger charge is -2.31. The number of aryl methyl sites for hydroxylation is 1. The van der Waals surface area contributed by atoms with E-state index >= 15 is 0 Å². The molecule has 2 aromatic rings. The van der Waals surface area contributed by atoms with Gasteiger partial charge in [-0.15, -0.1) is 11.3 Å². The molecule has 27 heavy (non-hydrogen) atoms. The van der Waals surface area contributed by atoms with Crippen molar-refractivity contribution in [3.8, 4) is 10.4 Å². The molecule has 144 valence electrons. The maximum atomic E-state index is 13.2. The Balaban J connectivity index is 1.73. The molecule has 5 nitrogen and oxygen atoms in total. The van der Waals surface area contributed by atoms with E-state index in [0.29, 0.717) is 31.1 Å².